The molecule has 0 saturated carbocycles. The van der Waals surface area contributed by atoms with Crippen LogP contribution in [0.5, 0.6) is 0 Å². The fraction of sp³-hybridized carbons (Fsp3) is 0.294. The minimum absolute atomic E-state index is 0.00571. The number of halogens is 1. The van der Waals surface area contributed by atoms with Gasteiger partial charge in [-0.3, -0.25) is 10.1 Å². The summed E-state index contributed by atoms with van der Waals surface area (Å²) >= 11 is 5.73. The quantitative estimate of drug-likeness (QED) is 0.342. The average molecular weight is 378 g/mol. The Hall–Kier alpha value is -2.71. The Morgan fingerprint density at radius 2 is 2.08 bits per heavy atom. The predicted molar refractivity (Wildman–Crippen MR) is 94.5 cm³/mol. The molecule has 0 N–H and O–H groups in total. The summed E-state index contributed by atoms with van der Waals surface area (Å²) in [5.74, 6) is -0.634. The lowest BCUT2D eigenvalue weighted by Gasteiger charge is -2.30. The number of nitrogens with zero attached hydrogens (tertiary/aromatic N) is 3. The molecule has 0 aliphatic carbocycles. The number of pyridine rings is 1. The molecule has 0 atom stereocenters. The number of aromatic nitrogens is 1. The molecule has 0 unspecified atom stereocenters. The molecule has 1 fully saturated rings. The van der Waals surface area contributed by atoms with Crippen LogP contribution in [0.15, 0.2) is 36.5 Å². The van der Waals surface area contributed by atoms with Gasteiger partial charge in [-0.1, -0.05) is 17.7 Å². The smallest absolute Gasteiger partial charge is 0.340 e. The molecule has 9 heteroatoms. The van der Waals surface area contributed by atoms with E-state index in [4.69, 9.17) is 21.1 Å². The van der Waals surface area contributed by atoms with Crippen molar-refractivity contribution in [3.05, 3.63) is 62.9 Å². The third-order valence-electron chi connectivity index (χ3n) is 3.92. The number of morpholine rings is 1. The van der Waals surface area contributed by atoms with E-state index >= 15 is 0 Å². The van der Waals surface area contributed by atoms with Gasteiger partial charge in [-0.15, -0.1) is 0 Å². The number of carbonyl (C=O) groups is 1. The van der Waals surface area contributed by atoms with E-state index in [9.17, 15) is 14.9 Å². The summed E-state index contributed by atoms with van der Waals surface area (Å²) in [6, 6.07) is 7.48. The summed E-state index contributed by atoms with van der Waals surface area (Å²) in [4.78, 5) is 29.0. The van der Waals surface area contributed by atoms with Gasteiger partial charge < -0.3 is 14.4 Å². The maximum atomic E-state index is 12.6. The third kappa shape index (κ3) is 4.27. The largest absolute Gasteiger partial charge is 0.457 e. The van der Waals surface area contributed by atoms with Crippen molar-refractivity contribution < 1.29 is 19.2 Å². The average Bonchev–Trinajstić information content (AvgIpc) is 2.67. The van der Waals surface area contributed by atoms with Crippen LogP contribution in [0.2, 0.25) is 5.15 Å². The fourth-order valence-corrected chi connectivity index (χ4v) is 2.71. The summed E-state index contributed by atoms with van der Waals surface area (Å²) in [6.45, 7) is 2.25. The number of rotatable bonds is 5. The van der Waals surface area contributed by atoms with Crippen LogP contribution in [0.25, 0.3) is 0 Å². The topological polar surface area (TPSA) is 94.8 Å². The maximum Gasteiger partial charge on any atom is 0.340 e. The molecule has 1 aromatic carbocycles. The number of nitro benzene ring substituents is 1. The normalized spacial score (nSPS) is 14.1. The van der Waals surface area contributed by atoms with E-state index in [1.54, 1.807) is 18.2 Å². The molecule has 2 heterocycles. The monoisotopic (exact) mass is 377 g/mol. The van der Waals surface area contributed by atoms with Crippen molar-refractivity contribution in [3.63, 3.8) is 0 Å². The predicted octanol–water partition coefficient (Wildman–Crippen LogP) is 2.84. The van der Waals surface area contributed by atoms with E-state index in [2.05, 4.69) is 4.98 Å². The molecule has 0 radical (unpaired) electrons. The number of non-ortho nitro benzene ring substituents is 1. The van der Waals surface area contributed by atoms with Crippen LogP contribution in [-0.4, -0.2) is 42.2 Å². The SMILES string of the molecule is O=C(OCc1ccc(Cl)nc1)c1cc([N+](=O)[O-])ccc1N1CCOCC1. The van der Waals surface area contributed by atoms with Crippen LogP contribution >= 0.6 is 11.6 Å². The molecule has 3 rings (SSSR count). The Bertz CT molecular complexity index is 807. The molecule has 1 aromatic heterocycles. The van der Waals surface area contributed by atoms with Crippen molar-refractivity contribution in [2.45, 2.75) is 6.61 Å². The van der Waals surface area contributed by atoms with Crippen molar-refractivity contribution in [1.82, 2.24) is 4.98 Å². The van der Waals surface area contributed by atoms with Crippen LogP contribution in [-0.2, 0) is 16.1 Å². The van der Waals surface area contributed by atoms with Gasteiger partial charge in [0.25, 0.3) is 5.69 Å². The molecular weight excluding hydrogens is 362 g/mol. The third-order valence-corrected chi connectivity index (χ3v) is 4.14. The highest BCUT2D eigenvalue weighted by Crippen LogP contribution is 2.27. The van der Waals surface area contributed by atoms with Gasteiger partial charge in [0.15, 0.2) is 0 Å². The summed E-state index contributed by atoms with van der Waals surface area (Å²) in [6.07, 6.45) is 1.51. The first kappa shape index (κ1) is 18.1. The van der Waals surface area contributed by atoms with E-state index in [-0.39, 0.29) is 17.9 Å². The zero-order valence-corrected chi connectivity index (χ0v) is 14.5. The minimum atomic E-state index is -0.634. The van der Waals surface area contributed by atoms with Crippen LogP contribution in [0.3, 0.4) is 0 Å². The lowest BCUT2D eigenvalue weighted by atomic mass is 10.1. The fourth-order valence-electron chi connectivity index (χ4n) is 2.60. The van der Waals surface area contributed by atoms with Gasteiger partial charge in [0.05, 0.1) is 29.4 Å². The first-order valence-electron chi connectivity index (χ1n) is 7.93. The molecule has 0 amide bonds. The summed E-state index contributed by atoms with van der Waals surface area (Å²) in [5, 5.41) is 11.4. The number of nitro groups is 1. The van der Waals surface area contributed by atoms with Gasteiger partial charge >= 0.3 is 5.97 Å². The number of hydrogen-bond acceptors (Lipinski definition) is 7. The van der Waals surface area contributed by atoms with Crippen molar-refractivity contribution in [2.75, 3.05) is 31.2 Å². The number of anilines is 1. The first-order valence-corrected chi connectivity index (χ1v) is 8.31. The standard InChI is InChI=1S/C17H16ClN3O5/c18-16-4-1-12(10-19-16)11-26-17(22)14-9-13(21(23)24)2-3-15(14)20-5-7-25-8-6-20/h1-4,9-10H,5-8,11H2. The van der Waals surface area contributed by atoms with Crippen LogP contribution in [0, 0.1) is 10.1 Å². The minimum Gasteiger partial charge on any atom is -0.457 e. The van der Waals surface area contributed by atoms with Gasteiger partial charge in [-0.2, -0.15) is 0 Å². The molecule has 136 valence electrons. The molecule has 0 bridgehead atoms. The van der Waals surface area contributed by atoms with E-state index in [0.29, 0.717) is 42.7 Å². The number of hydrogen-bond donors (Lipinski definition) is 0. The number of carbonyl (C=O) groups excluding carboxylic acids is 1. The molecule has 26 heavy (non-hydrogen) atoms. The summed E-state index contributed by atoms with van der Waals surface area (Å²) in [7, 11) is 0. The van der Waals surface area contributed by atoms with Crippen LogP contribution in [0.1, 0.15) is 15.9 Å². The zero-order valence-electron chi connectivity index (χ0n) is 13.8. The lowest BCUT2D eigenvalue weighted by Crippen LogP contribution is -2.37. The van der Waals surface area contributed by atoms with Gasteiger partial charge in [-0.05, 0) is 12.1 Å². The molecule has 1 saturated heterocycles. The van der Waals surface area contributed by atoms with E-state index < -0.39 is 10.9 Å². The van der Waals surface area contributed by atoms with Gasteiger partial charge in [0, 0.05) is 37.0 Å². The summed E-state index contributed by atoms with van der Waals surface area (Å²) in [5.41, 5.74) is 1.25. The molecule has 2 aromatic rings. The van der Waals surface area contributed by atoms with Gasteiger partial charge in [0.1, 0.15) is 11.8 Å². The second kappa shape index (κ2) is 8.11. The maximum absolute atomic E-state index is 12.6. The van der Waals surface area contributed by atoms with Crippen molar-refractivity contribution in [2.24, 2.45) is 0 Å². The highest BCUT2D eigenvalue weighted by Gasteiger charge is 2.23. The molecule has 1 aliphatic heterocycles. The Morgan fingerprint density at radius 3 is 2.73 bits per heavy atom. The highest BCUT2D eigenvalue weighted by molar-refractivity contribution is 6.29. The summed E-state index contributed by atoms with van der Waals surface area (Å²) < 4.78 is 10.6. The van der Waals surface area contributed by atoms with Gasteiger partial charge in [-0.25, -0.2) is 9.78 Å². The number of esters is 1. The first-order chi connectivity index (χ1) is 12.5. The van der Waals surface area contributed by atoms with E-state index in [0.717, 1.165) is 0 Å². The lowest BCUT2D eigenvalue weighted by molar-refractivity contribution is -0.384. The van der Waals surface area contributed by atoms with E-state index in [1.165, 1.54) is 18.3 Å². The van der Waals surface area contributed by atoms with Gasteiger partial charge in [0.2, 0.25) is 0 Å². The van der Waals surface area contributed by atoms with Crippen molar-refractivity contribution >= 4 is 28.9 Å². The molecule has 1 aliphatic rings. The van der Waals surface area contributed by atoms with E-state index in [1.807, 2.05) is 4.90 Å². The highest BCUT2D eigenvalue weighted by atomic mass is 35.5. The number of benzene rings is 1. The molecular formula is C17H16ClN3O5. The van der Waals surface area contributed by atoms with Crippen molar-refractivity contribution in [1.29, 1.82) is 0 Å². The Balaban J connectivity index is 1.82. The molecule has 8 nitrogen and oxygen atoms in total. The Morgan fingerprint density at radius 1 is 1.31 bits per heavy atom. The van der Waals surface area contributed by atoms with Crippen molar-refractivity contribution in [3.8, 4) is 0 Å². The zero-order chi connectivity index (χ0) is 18.5. The second-order valence-electron chi connectivity index (χ2n) is 5.62. The van der Waals surface area contributed by atoms with Crippen LogP contribution in [0.4, 0.5) is 11.4 Å². The Kier molecular flexibility index (Phi) is 5.65. The second-order valence-corrected chi connectivity index (χ2v) is 6.01. The molecule has 0 spiro atoms. The van der Waals surface area contributed by atoms with Crippen LogP contribution < -0.4 is 4.90 Å². The number of ether oxygens (including phenoxy) is 2. The Labute approximate surface area is 154 Å².